The second-order valence-corrected chi connectivity index (χ2v) is 6.44. The third-order valence-electron chi connectivity index (χ3n) is 3.75. The Balaban J connectivity index is 1.90. The molecule has 24 heavy (non-hydrogen) atoms. The number of para-hydroxylation sites is 1. The number of likely N-dealkylation sites (N-methyl/N-ethyl adjacent to an activating group) is 1. The van der Waals surface area contributed by atoms with Crippen molar-refractivity contribution in [1.82, 2.24) is 4.90 Å². The number of aryl methyl sites for hydroxylation is 1. The van der Waals surface area contributed by atoms with Gasteiger partial charge >= 0.3 is 0 Å². The van der Waals surface area contributed by atoms with E-state index in [1.54, 1.807) is 19.1 Å². The molecule has 1 aliphatic rings. The minimum atomic E-state index is -0.0371. The van der Waals surface area contributed by atoms with Crippen LogP contribution < -0.4 is 4.74 Å². The Bertz CT molecular complexity index is 829. The van der Waals surface area contributed by atoms with Crippen LogP contribution in [0.3, 0.4) is 0 Å². The number of rotatable bonds is 3. The van der Waals surface area contributed by atoms with E-state index >= 15 is 0 Å². The van der Waals surface area contributed by atoms with Gasteiger partial charge in [0.05, 0.1) is 17.7 Å². The van der Waals surface area contributed by atoms with Crippen LogP contribution in [0.15, 0.2) is 58.4 Å². The van der Waals surface area contributed by atoms with Gasteiger partial charge in [-0.15, -0.1) is 0 Å². The molecule has 0 aromatic heterocycles. The van der Waals surface area contributed by atoms with Crippen LogP contribution in [0.1, 0.15) is 11.1 Å². The van der Waals surface area contributed by atoms with Crippen LogP contribution in [0.4, 0.5) is 5.69 Å². The third kappa shape index (κ3) is 3.36. The van der Waals surface area contributed by atoms with Crippen molar-refractivity contribution in [1.29, 1.82) is 0 Å². The first-order valence-electron chi connectivity index (χ1n) is 7.54. The van der Waals surface area contributed by atoms with Crippen LogP contribution in [-0.4, -0.2) is 30.1 Å². The van der Waals surface area contributed by atoms with Crippen LogP contribution in [0.25, 0.3) is 6.08 Å². The molecule has 5 heteroatoms. The lowest BCUT2D eigenvalue weighted by atomic mass is 10.1. The predicted molar refractivity (Wildman–Crippen MR) is 99.6 cm³/mol. The van der Waals surface area contributed by atoms with E-state index in [0.717, 1.165) is 22.6 Å². The van der Waals surface area contributed by atoms with Gasteiger partial charge in [-0.3, -0.25) is 9.69 Å². The summed E-state index contributed by atoms with van der Waals surface area (Å²) in [5.41, 5.74) is 2.90. The summed E-state index contributed by atoms with van der Waals surface area (Å²) in [6, 6.07) is 15.4. The standard InChI is InChI=1S/C19H18N2O2S/c1-13-11-16(23-3)10-9-14(13)12-17-18(22)21(2)19(24-17)20-15-7-5-4-6-8-15/h4-12H,1-3H3. The zero-order valence-electron chi connectivity index (χ0n) is 13.8. The maximum absolute atomic E-state index is 12.5. The van der Waals surface area contributed by atoms with E-state index < -0.39 is 0 Å². The maximum Gasteiger partial charge on any atom is 0.266 e. The summed E-state index contributed by atoms with van der Waals surface area (Å²) in [6.45, 7) is 2.00. The number of nitrogens with zero attached hydrogens (tertiary/aromatic N) is 2. The molecule has 0 unspecified atom stereocenters. The number of amides is 1. The van der Waals surface area contributed by atoms with Crippen LogP contribution in [0, 0.1) is 6.92 Å². The van der Waals surface area contributed by atoms with Crippen LogP contribution in [0.5, 0.6) is 5.75 Å². The molecule has 0 saturated carbocycles. The Hall–Kier alpha value is -2.53. The van der Waals surface area contributed by atoms with Crippen molar-refractivity contribution in [3.63, 3.8) is 0 Å². The zero-order valence-corrected chi connectivity index (χ0v) is 14.6. The summed E-state index contributed by atoms with van der Waals surface area (Å²) < 4.78 is 5.22. The Labute approximate surface area is 145 Å². The lowest BCUT2D eigenvalue weighted by Crippen LogP contribution is -2.23. The fourth-order valence-electron chi connectivity index (χ4n) is 2.34. The number of benzene rings is 2. The number of carbonyl (C=O) groups is 1. The fraction of sp³-hybridized carbons (Fsp3) is 0.158. The minimum absolute atomic E-state index is 0.0371. The highest BCUT2D eigenvalue weighted by Crippen LogP contribution is 2.33. The molecule has 0 N–H and O–H groups in total. The van der Waals surface area contributed by atoms with Crippen molar-refractivity contribution in [2.75, 3.05) is 14.2 Å². The van der Waals surface area contributed by atoms with Crippen molar-refractivity contribution in [3.8, 4) is 5.75 Å². The molecule has 3 rings (SSSR count). The van der Waals surface area contributed by atoms with Crippen LogP contribution >= 0.6 is 11.8 Å². The second kappa shape index (κ2) is 6.93. The zero-order chi connectivity index (χ0) is 17.1. The molecule has 0 atom stereocenters. The molecule has 1 saturated heterocycles. The molecule has 1 aliphatic heterocycles. The molecule has 0 radical (unpaired) electrons. The third-order valence-corrected chi connectivity index (χ3v) is 4.81. The van der Waals surface area contributed by atoms with Gasteiger partial charge < -0.3 is 4.74 Å². The number of thioether (sulfide) groups is 1. The summed E-state index contributed by atoms with van der Waals surface area (Å²) in [5.74, 6) is 0.772. The molecule has 4 nitrogen and oxygen atoms in total. The van der Waals surface area contributed by atoms with E-state index in [4.69, 9.17) is 4.74 Å². The van der Waals surface area contributed by atoms with Gasteiger partial charge in [-0.05, 0) is 60.2 Å². The van der Waals surface area contributed by atoms with Gasteiger partial charge in [0.25, 0.3) is 5.91 Å². The fourth-order valence-corrected chi connectivity index (χ4v) is 3.32. The molecule has 2 aromatic carbocycles. The number of carbonyl (C=O) groups excluding carboxylic acids is 1. The van der Waals surface area contributed by atoms with E-state index in [-0.39, 0.29) is 5.91 Å². The molecule has 0 spiro atoms. The summed E-state index contributed by atoms with van der Waals surface area (Å²) in [5, 5.41) is 0.684. The number of hydrogen-bond donors (Lipinski definition) is 0. The van der Waals surface area contributed by atoms with Crippen LogP contribution in [-0.2, 0) is 4.79 Å². The van der Waals surface area contributed by atoms with E-state index in [0.29, 0.717) is 10.1 Å². The van der Waals surface area contributed by atoms with Gasteiger partial charge in [-0.25, -0.2) is 4.99 Å². The quantitative estimate of drug-likeness (QED) is 0.786. The van der Waals surface area contributed by atoms with Gasteiger partial charge in [0.15, 0.2) is 5.17 Å². The molecular weight excluding hydrogens is 320 g/mol. The first-order valence-corrected chi connectivity index (χ1v) is 8.36. The van der Waals surface area contributed by atoms with Crippen LogP contribution in [0.2, 0.25) is 0 Å². The average Bonchev–Trinajstić information content (AvgIpc) is 2.85. The monoisotopic (exact) mass is 338 g/mol. The number of aliphatic imine (C=N–C) groups is 1. The Kier molecular flexibility index (Phi) is 4.71. The lowest BCUT2D eigenvalue weighted by molar-refractivity contribution is -0.121. The molecule has 122 valence electrons. The predicted octanol–water partition coefficient (Wildman–Crippen LogP) is 4.24. The number of amidine groups is 1. The smallest absolute Gasteiger partial charge is 0.266 e. The molecule has 1 fully saturated rings. The minimum Gasteiger partial charge on any atom is -0.497 e. The SMILES string of the molecule is COc1ccc(C=C2SC(=Nc3ccccc3)N(C)C2=O)c(C)c1. The first kappa shape index (κ1) is 16.3. The second-order valence-electron chi connectivity index (χ2n) is 5.43. The highest BCUT2D eigenvalue weighted by atomic mass is 32.2. The molecule has 1 heterocycles. The summed E-state index contributed by atoms with van der Waals surface area (Å²) in [4.78, 5) is 19.3. The first-order chi connectivity index (χ1) is 11.6. The number of ether oxygens (including phenoxy) is 1. The van der Waals surface area contributed by atoms with Gasteiger partial charge in [-0.2, -0.15) is 0 Å². The van der Waals surface area contributed by atoms with Gasteiger partial charge in [0.2, 0.25) is 0 Å². The number of hydrogen-bond acceptors (Lipinski definition) is 4. The van der Waals surface area contributed by atoms with Crippen molar-refractivity contribution in [2.45, 2.75) is 6.92 Å². The summed E-state index contributed by atoms with van der Waals surface area (Å²) in [6.07, 6.45) is 1.91. The maximum atomic E-state index is 12.5. The molecular formula is C19H18N2O2S. The van der Waals surface area contributed by atoms with Gasteiger partial charge in [-0.1, -0.05) is 24.3 Å². The van der Waals surface area contributed by atoms with E-state index in [1.165, 1.54) is 11.8 Å². The summed E-state index contributed by atoms with van der Waals surface area (Å²) in [7, 11) is 3.39. The van der Waals surface area contributed by atoms with Gasteiger partial charge in [0.1, 0.15) is 5.75 Å². The summed E-state index contributed by atoms with van der Waals surface area (Å²) >= 11 is 1.39. The van der Waals surface area contributed by atoms with Crippen molar-refractivity contribution < 1.29 is 9.53 Å². The lowest BCUT2D eigenvalue weighted by Gasteiger charge is -2.07. The number of methoxy groups -OCH3 is 1. The van der Waals surface area contributed by atoms with Crippen molar-refractivity contribution in [2.24, 2.45) is 4.99 Å². The Morgan fingerprint density at radius 3 is 2.58 bits per heavy atom. The van der Waals surface area contributed by atoms with E-state index in [2.05, 4.69) is 4.99 Å². The largest absolute Gasteiger partial charge is 0.497 e. The van der Waals surface area contributed by atoms with E-state index in [9.17, 15) is 4.79 Å². The molecule has 2 aromatic rings. The topological polar surface area (TPSA) is 41.9 Å². The highest BCUT2D eigenvalue weighted by molar-refractivity contribution is 8.18. The molecule has 1 amide bonds. The molecule has 0 bridgehead atoms. The van der Waals surface area contributed by atoms with Gasteiger partial charge in [0, 0.05) is 7.05 Å². The van der Waals surface area contributed by atoms with Crippen molar-refractivity contribution in [3.05, 3.63) is 64.6 Å². The molecule has 0 aliphatic carbocycles. The van der Waals surface area contributed by atoms with E-state index in [1.807, 2.05) is 61.5 Å². The Morgan fingerprint density at radius 2 is 1.92 bits per heavy atom. The average molecular weight is 338 g/mol. The highest BCUT2D eigenvalue weighted by Gasteiger charge is 2.30. The normalized spacial score (nSPS) is 17.8. The van der Waals surface area contributed by atoms with Crippen molar-refractivity contribution >= 4 is 34.6 Å². The Morgan fingerprint density at radius 1 is 1.17 bits per heavy atom.